The van der Waals surface area contributed by atoms with Crippen molar-refractivity contribution in [2.24, 2.45) is 0 Å². The van der Waals surface area contributed by atoms with Crippen molar-refractivity contribution in [2.45, 2.75) is 13.0 Å². The average Bonchev–Trinajstić information content (AvgIpc) is 2.64. The lowest BCUT2D eigenvalue weighted by atomic mass is 10.1. The molecule has 2 aromatic carbocycles. The van der Waals surface area contributed by atoms with Crippen molar-refractivity contribution in [3.8, 4) is 11.3 Å². The van der Waals surface area contributed by atoms with E-state index in [1.54, 1.807) is 0 Å². The number of para-hydroxylation sites is 1. The third kappa shape index (κ3) is 4.55. The molecule has 0 saturated heterocycles. The number of hydrogen-bond acceptors (Lipinski definition) is 5. The minimum Gasteiger partial charge on any atom is -0.394 e. The van der Waals surface area contributed by atoms with Gasteiger partial charge < -0.3 is 15.7 Å². The van der Waals surface area contributed by atoms with E-state index in [1.807, 2.05) is 67.6 Å². The Morgan fingerprint density at radius 1 is 1.04 bits per heavy atom. The molecule has 3 rings (SSSR count). The predicted octanol–water partition coefficient (Wildman–Crippen LogP) is 4.44. The van der Waals surface area contributed by atoms with Crippen LogP contribution in [0.4, 0.5) is 17.5 Å². The second-order valence-corrected chi connectivity index (χ2v) is 6.52. The number of aliphatic hydroxyl groups excluding tert-OH is 1. The summed E-state index contributed by atoms with van der Waals surface area (Å²) in [4.78, 5) is 9.09. The van der Waals surface area contributed by atoms with Crippen LogP contribution in [0, 0.1) is 0 Å². The number of nitrogens with zero attached hydrogens (tertiary/aromatic N) is 2. The van der Waals surface area contributed by atoms with E-state index in [1.165, 1.54) is 0 Å². The summed E-state index contributed by atoms with van der Waals surface area (Å²) in [5.74, 6) is 1.14. The Labute approximate surface area is 155 Å². The first-order valence-corrected chi connectivity index (χ1v) is 8.78. The normalized spacial score (nSPS) is 11.8. The molecule has 3 N–H and O–H groups in total. The van der Waals surface area contributed by atoms with Crippen molar-refractivity contribution in [2.75, 3.05) is 17.2 Å². The van der Waals surface area contributed by atoms with Gasteiger partial charge in [-0.05, 0) is 35.0 Å². The van der Waals surface area contributed by atoms with Crippen LogP contribution < -0.4 is 10.6 Å². The van der Waals surface area contributed by atoms with Gasteiger partial charge in [-0.15, -0.1) is 0 Å². The number of aliphatic hydroxyl groups is 1. The molecule has 25 heavy (non-hydrogen) atoms. The number of rotatable bonds is 6. The van der Waals surface area contributed by atoms with Gasteiger partial charge in [0.2, 0.25) is 5.95 Å². The van der Waals surface area contributed by atoms with Gasteiger partial charge in [0.15, 0.2) is 0 Å². The van der Waals surface area contributed by atoms with Crippen LogP contribution in [-0.2, 0) is 0 Å². The minimum absolute atomic E-state index is 0.00587. The van der Waals surface area contributed by atoms with Crippen LogP contribution in [0.2, 0.25) is 0 Å². The summed E-state index contributed by atoms with van der Waals surface area (Å²) in [7, 11) is 0. The molecule has 0 aliphatic heterocycles. The van der Waals surface area contributed by atoms with Crippen LogP contribution in [-0.4, -0.2) is 27.7 Å². The van der Waals surface area contributed by atoms with E-state index >= 15 is 0 Å². The second kappa shape index (κ2) is 8.09. The fourth-order valence-electron chi connectivity index (χ4n) is 2.30. The summed E-state index contributed by atoms with van der Waals surface area (Å²) in [5, 5.41) is 15.7. The summed E-state index contributed by atoms with van der Waals surface area (Å²) in [6.07, 6.45) is 0. The molecule has 0 radical (unpaired) electrons. The highest BCUT2D eigenvalue weighted by Gasteiger charge is 2.10. The van der Waals surface area contributed by atoms with Crippen LogP contribution in [0.5, 0.6) is 0 Å². The van der Waals surface area contributed by atoms with E-state index in [-0.39, 0.29) is 12.6 Å². The number of anilines is 3. The van der Waals surface area contributed by atoms with Gasteiger partial charge in [0.25, 0.3) is 0 Å². The fraction of sp³-hybridized carbons (Fsp3) is 0.158. The van der Waals surface area contributed by atoms with E-state index in [2.05, 4.69) is 36.5 Å². The molecule has 0 aliphatic rings. The first-order valence-electron chi connectivity index (χ1n) is 7.99. The molecule has 1 aromatic heterocycles. The number of halogens is 1. The molecule has 5 nitrogen and oxygen atoms in total. The summed E-state index contributed by atoms with van der Waals surface area (Å²) in [5.41, 5.74) is 2.72. The third-order valence-electron chi connectivity index (χ3n) is 3.58. The predicted molar refractivity (Wildman–Crippen MR) is 105 cm³/mol. The number of hydrogen-bond donors (Lipinski definition) is 3. The first kappa shape index (κ1) is 17.4. The number of benzene rings is 2. The first-order chi connectivity index (χ1) is 12.2. The number of nitrogens with one attached hydrogen (secondary N) is 2. The van der Waals surface area contributed by atoms with Crippen molar-refractivity contribution in [1.82, 2.24) is 9.97 Å². The highest BCUT2D eigenvalue weighted by molar-refractivity contribution is 9.10. The molecule has 0 aliphatic carbocycles. The molecule has 6 heteroatoms. The summed E-state index contributed by atoms with van der Waals surface area (Å²) in [6.45, 7) is 1.88. The highest BCUT2D eigenvalue weighted by atomic mass is 79.9. The molecular weight excluding hydrogens is 380 g/mol. The van der Waals surface area contributed by atoms with Gasteiger partial charge in [-0.3, -0.25) is 0 Å². The Kier molecular flexibility index (Phi) is 5.63. The molecule has 1 atom stereocenters. The van der Waals surface area contributed by atoms with Crippen LogP contribution in [0.1, 0.15) is 6.92 Å². The zero-order valence-corrected chi connectivity index (χ0v) is 15.4. The summed E-state index contributed by atoms with van der Waals surface area (Å²) in [6, 6.07) is 19.5. The monoisotopic (exact) mass is 398 g/mol. The molecule has 128 valence electrons. The SMILES string of the molecule is C[C@@H](CO)Nc1nc(Nc2ccccc2Br)cc(-c2ccccc2)n1. The zero-order chi connectivity index (χ0) is 17.6. The van der Waals surface area contributed by atoms with Gasteiger partial charge >= 0.3 is 0 Å². The Hall–Kier alpha value is -2.44. The van der Waals surface area contributed by atoms with Crippen LogP contribution in [0.3, 0.4) is 0 Å². The Morgan fingerprint density at radius 3 is 2.48 bits per heavy atom. The van der Waals surface area contributed by atoms with Gasteiger partial charge in [0, 0.05) is 22.1 Å². The minimum atomic E-state index is -0.137. The average molecular weight is 399 g/mol. The summed E-state index contributed by atoms with van der Waals surface area (Å²) < 4.78 is 0.952. The molecule has 3 aromatic rings. The maximum Gasteiger partial charge on any atom is 0.225 e. The van der Waals surface area contributed by atoms with Gasteiger partial charge in [-0.1, -0.05) is 42.5 Å². The van der Waals surface area contributed by atoms with E-state index in [9.17, 15) is 5.11 Å². The Balaban J connectivity index is 1.99. The van der Waals surface area contributed by atoms with Gasteiger partial charge in [0.05, 0.1) is 18.0 Å². The smallest absolute Gasteiger partial charge is 0.225 e. The lowest BCUT2D eigenvalue weighted by Crippen LogP contribution is -2.21. The van der Waals surface area contributed by atoms with Gasteiger partial charge in [0.1, 0.15) is 5.82 Å². The van der Waals surface area contributed by atoms with Gasteiger partial charge in [-0.25, -0.2) is 4.98 Å². The van der Waals surface area contributed by atoms with Crippen molar-refractivity contribution in [3.05, 3.63) is 65.1 Å². The molecular formula is C19H19BrN4O. The van der Waals surface area contributed by atoms with E-state index in [0.717, 1.165) is 21.4 Å². The van der Waals surface area contributed by atoms with Crippen LogP contribution >= 0.6 is 15.9 Å². The second-order valence-electron chi connectivity index (χ2n) is 5.66. The molecule has 0 spiro atoms. The van der Waals surface area contributed by atoms with E-state index in [4.69, 9.17) is 0 Å². The van der Waals surface area contributed by atoms with Crippen LogP contribution in [0.25, 0.3) is 11.3 Å². The number of aromatic nitrogens is 2. The topological polar surface area (TPSA) is 70.1 Å². The standard InChI is InChI=1S/C19H19BrN4O/c1-13(12-25)21-19-23-17(14-7-3-2-4-8-14)11-18(24-19)22-16-10-6-5-9-15(16)20/h2-11,13,25H,12H2,1H3,(H2,21,22,23,24)/t13-/m0/s1. The third-order valence-corrected chi connectivity index (χ3v) is 4.27. The lowest BCUT2D eigenvalue weighted by Gasteiger charge is -2.14. The Morgan fingerprint density at radius 2 is 1.76 bits per heavy atom. The maximum atomic E-state index is 9.28. The summed E-state index contributed by atoms with van der Waals surface area (Å²) >= 11 is 3.53. The molecule has 0 fully saturated rings. The molecule has 0 unspecified atom stereocenters. The van der Waals surface area contributed by atoms with Crippen LogP contribution in [0.15, 0.2) is 65.1 Å². The zero-order valence-electron chi connectivity index (χ0n) is 13.8. The highest BCUT2D eigenvalue weighted by Crippen LogP contribution is 2.27. The Bertz CT molecular complexity index is 842. The van der Waals surface area contributed by atoms with E-state index in [0.29, 0.717) is 11.8 Å². The lowest BCUT2D eigenvalue weighted by molar-refractivity contribution is 0.281. The molecule has 0 bridgehead atoms. The molecule has 0 amide bonds. The molecule has 0 saturated carbocycles. The fourth-order valence-corrected chi connectivity index (χ4v) is 2.68. The largest absolute Gasteiger partial charge is 0.394 e. The van der Waals surface area contributed by atoms with Crippen molar-refractivity contribution >= 4 is 33.4 Å². The van der Waals surface area contributed by atoms with Crippen molar-refractivity contribution < 1.29 is 5.11 Å². The van der Waals surface area contributed by atoms with Crippen molar-refractivity contribution in [1.29, 1.82) is 0 Å². The van der Waals surface area contributed by atoms with Gasteiger partial charge in [-0.2, -0.15) is 4.98 Å². The quantitative estimate of drug-likeness (QED) is 0.572. The van der Waals surface area contributed by atoms with E-state index < -0.39 is 0 Å². The maximum absolute atomic E-state index is 9.28. The van der Waals surface area contributed by atoms with Crippen molar-refractivity contribution in [3.63, 3.8) is 0 Å². The molecule has 1 heterocycles.